The number of hydrogen-bond acceptors (Lipinski definition) is 1. The van der Waals surface area contributed by atoms with Crippen LogP contribution in [-0.4, -0.2) is 6.54 Å². The van der Waals surface area contributed by atoms with Crippen LogP contribution in [0.1, 0.15) is 5.56 Å². The van der Waals surface area contributed by atoms with E-state index >= 15 is 0 Å². The van der Waals surface area contributed by atoms with Gasteiger partial charge >= 0.3 is 0 Å². The van der Waals surface area contributed by atoms with Crippen LogP contribution < -0.4 is 5.32 Å². The molecule has 0 atom stereocenters. The molecule has 0 aliphatic rings. The first-order valence-corrected chi connectivity index (χ1v) is 3.38. The molecule has 1 N–H and O–H groups in total. The molecule has 0 aromatic heterocycles. The molecule has 0 aliphatic carbocycles. The van der Waals surface area contributed by atoms with E-state index in [0.29, 0.717) is 6.54 Å². The zero-order chi connectivity index (χ0) is 7.23. The molecular formula is C9H11N. The van der Waals surface area contributed by atoms with Crippen molar-refractivity contribution in [2.75, 3.05) is 6.54 Å². The molecule has 1 heteroatoms. The summed E-state index contributed by atoms with van der Waals surface area (Å²) in [5, 5.41) is 3.04. The largest absolute Gasteiger partial charge is 0.312 e. The van der Waals surface area contributed by atoms with Crippen LogP contribution in [0.5, 0.6) is 0 Å². The molecule has 1 aromatic carbocycles. The fourth-order valence-electron chi connectivity index (χ4n) is 0.812. The van der Waals surface area contributed by atoms with E-state index in [-0.39, 0.29) is 0 Å². The van der Waals surface area contributed by atoms with Crippen LogP contribution in [0.2, 0.25) is 0 Å². The molecule has 0 aliphatic heterocycles. The lowest BCUT2D eigenvalue weighted by Gasteiger charge is -1.99. The fourth-order valence-corrected chi connectivity index (χ4v) is 0.812. The Morgan fingerprint density at radius 2 is 1.90 bits per heavy atom. The van der Waals surface area contributed by atoms with E-state index in [4.69, 9.17) is 6.92 Å². The molecule has 2 radical (unpaired) electrons. The van der Waals surface area contributed by atoms with Gasteiger partial charge < -0.3 is 5.32 Å². The number of nitrogens with one attached hydrogen (secondary N) is 1. The molecular weight excluding hydrogens is 122 g/mol. The maximum absolute atomic E-state index is 5.27. The van der Waals surface area contributed by atoms with Crippen molar-refractivity contribution in [3.63, 3.8) is 0 Å². The second kappa shape index (κ2) is 4.07. The van der Waals surface area contributed by atoms with E-state index < -0.39 is 0 Å². The third-order valence-corrected chi connectivity index (χ3v) is 1.32. The highest BCUT2D eigenvalue weighted by molar-refractivity contribution is 5.14. The van der Waals surface area contributed by atoms with Gasteiger partial charge in [-0.25, -0.2) is 0 Å². The van der Waals surface area contributed by atoms with Crippen molar-refractivity contribution >= 4 is 0 Å². The molecule has 0 spiro atoms. The number of rotatable bonds is 3. The highest BCUT2D eigenvalue weighted by atomic mass is 14.8. The van der Waals surface area contributed by atoms with Crippen molar-refractivity contribution in [1.82, 2.24) is 5.32 Å². The fraction of sp³-hybridized carbons (Fsp3) is 0.222. The second-order valence-corrected chi connectivity index (χ2v) is 2.12. The summed E-state index contributed by atoms with van der Waals surface area (Å²) in [6.45, 7) is 6.66. The van der Waals surface area contributed by atoms with Crippen molar-refractivity contribution in [2.24, 2.45) is 0 Å². The van der Waals surface area contributed by atoms with Crippen LogP contribution in [0.3, 0.4) is 0 Å². The van der Waals surface area contributed by atoms with Gasteiger partial charge in [-0.2, -0.15) is 0 Å². The van der Waals surface area contributed by atoms with Crippen molar-refractivity contribution in [2.45, 2.75) is 6.54 Å². The van der Waals surface area contributed by atoms with Gasteiger partial charge in [0, 0.05) is 6.54 Å². The topological polar surface area (TPSA) is 12.0 Å². The SMILES string of the molecule is [CH]CNCc1ccccc1. The molecule has 1 aromatic rings. The van der Waals surface area contributed by atoms with Crippen LogP contribution in [0.4, 0.5) is 0 Å². The normalized spacial score (nSPS) is 9.70. The molecule has 0 saturated carbocycles. The van der Waals surface area contributed by atoms with Crippen molar-refractivity contribution in [3.8, 4) is 0 Å². The Labute approximate surface area is 62.1 Å². The second-order valence-electron chi connectivity index (χ2n) is 2.12. The molecule has 1 nitrogen and oxygen atoms in total. The minimum Gasteiger partial charge on any atom is -0.312 e. The summed E-state index contributed by atoms with van der Waals surface area (Å²) >= 11 is 0. The van der Waals surface area contributed by atoms with Gasteiger partial charge in [-0.1, -0.05) is 30.3 Å². The van der Waals surface area contributed by atoms with Crippen LogP contribution in [0, 0.1) is 6.92 Å². The first-order chi connectivity index (χ1) is 4.93. The van der Waals surface area contributed by atoms with Gasteiger partial charge in [-0.15, -0.1) is 0 Å². The Balaban J connectivity index is 2.43. The highest BCUT2D eigenvalue weighted by Crippen LogP contribution is 1.96. The van der Waals surface area contributed by atoms with Gasteiger partial charge in [0.25, 0.3) is 0 Å². The first kappa shape index (κ1) is 7.29. The standard InChI is InChI=1S/C9H11N/c1-2-10-8-9-6-4-3-5-7-9/h1,3-7,10H,2,8H2. The summed E-state index contributed by atoms with van der Waals surface area (Å²) in [6.07, 6.45) is 0. The third-order valence-electron chi connectivity index (χ3n) is 1.32. The molecule has 0 unspecified atom stereocenters. The van der Waals surface area contributed by atoms with E-state index in [1.165, 1.54) is 5.56 Å². The summed E-state index contributed by atoms with van der Waals surface area (Å²) < 4.78 is 0. The van der Waals surface area contributed by atoms with Crippen molar-refractivity contribution in [3.05, 3.63) is 42.8 Å². The van der Waals surface area contributed by atoms with Crippen LogP contribution in [-0.2, 0) is 6.54 Å². The zero-order valence-corrected chi connectivity index (χ0v) is 5.88. The molecule has 0 saturated heterocycles. The van der Waals surface area contributed by atoms with E-state index in [9.17, 15) is 0 Å². The average molecular weight is 133 g/mol. The van der Waals surface area contributed by atoms with E-state index in [1.54, 1.807) is 0 Å². The third kappa shape index (κ3) is 2.19. The molecule has 0 heterocycles. The summed E-state index contributed by atoms with van der Waals surface area (Å²) in [6, 6.07) is 10.2. The predicted octanol–water partition coefficient (Wildman–Crippen LogP) is 1.49. The Bertz CT molecular complexity index is 169. The summed E-state index contributed by atoms with van der Waals surface area (Å²) in [5.41, 5.74) is 1.27. The van der Waals surface area contributed by atoms with Crippen molar-refractivity contribution < 1.29 is 0 Å². The Morgan fingerprint density at radius 3 is 2.50 bits per heavy atom. The van der Waals surface area contributed by atoms with E-state index in [1.807, 2.05) is 18.2 Å². The molecule has 1 rings (SSSR count). The molecule has 0 bridgehead atoms. The number of hydrogen-bond donors (Lipinski definition) is 1. The predicted molar refractivity (Wildman–Crippen MR) is 42.4 cm³/mol. The van der Waals surface area contributed by atoms with E-state index in [0.717, 1.165) is 6.54 Å². The van der Waals surface area contributed by atoms with Gasteiger partial charge in [0.1, 0.15) is 0 Å². The maximum atomic E-state index is 5.27. The Hall–Kier alpha value is -0.820. The van der Waals surface area contributed by atoms with E-state index in [2.05, 4.69) is 17.4 Å². The lowest BCUT2D eigenvalue weighted by Crippen LogP contribution is -2.11. The first-order valence-electron chi connectivity index (χ1n) is 3.38. The number of benzene rings is 1. The lowest BCUT2D eigenvalue weighted by molar-refractivity contribution is 0.758. The molecule has 0 amide bonds. The van der Waals surface area contributed by atoms with Gasteiger partial charge in [-0.3, -0.25) is 0 Å². The summed E-state index contributed by atoms with van der Waals surface area (Å²) in [5.74, 6) is 0. The molecule has 10 heavy (non-hydrogen) atoms. The Morgan fingerprint density at radius 1 is 1.20 bits per heavy atom. The molecule has 52 valence electrons. The minimum atomic E-state index is 0.537. The minimum absolute atomic E-state index is 0.537. The molecule has 0 fully saturated rings. The van der Waals surface area contributed by atoms with Gasteiger partial charge in [-0.05, 0) is 19.0 Å². The van der Waals surface area contributed by atoms with Crippen molar-refractivity contribution in [1.29, 1.82) is 0 Å². The maximum Gasteiger partial charge on any atom is 0.0205 e. The van der Waals surface area contributed by atoms with Crippen LogP contribution in [0.25, 0.3) is 0 Å². The van der Waals surface area contributed by atoms with Crippen LogP contribution in [0.15, 0.2) is 30.3 Å². The summed E-state index contributed by atoms with van der Waals surface area (Å²) in [7, 11) is 0. The smallest absolute Gasteiger partial charge is 0.0205 e. The van der Waals surface area contributed by atoms with Gasteiger partial charge in [0.15, 0.2) is 0 Å². The quantitative estimate of drug-likeness (QED) is 0.658. The lowest BCUT2D eigenvalue weighted by atomic mass is 10.2. The van der Waals surface area contributed by atoms with Gasteiger partial charge in [0.2, 0.25) is 0 Å². The van der Waals surface area contributed by atoms with Gasteiger partial charge in [0.05, 0.1) is 0 Å². The highest BCUT2D eigenvalue weighted by Gasteiger charge is 1.85. The monoisotopic (exact) mass is 133 g/mol. The average Bonchev–Trinajstić information content (AvgIpc) is 2.03. The zero-order valence-electron chi connectivity index (χ0n) is 5.88. The van der Waals surface area contributed by atoms with Crippen LogP contribution >= 0.6 is 0 Å². The summed E-state index contributed by atoms with van der Waals surface area (Å²) in [4.78, 5) is 0. The Kier molecular flexibility index (Phi) is 2.97.